The van der Waals surface area contributed by atoms with Gasteiger partial charge in [-0.25, -0.2) is 0 Å². The van der Waals surface area contributed by atoms with E-state index in [1.807, 2.05) is 0 Å². The first kappa shape index (κ1) is 14.9. The molecule has 2 heterocycles. The topological polar surface area (TPSA) is 59.0 Å². The molecule has 0 unspecified atom stereocenters. The number of nitrogens with zero attached hydrogens (tertiary/aromatic N) is 2. The molecule has 0 aromatic heterocycles. The average Bonchev–Trinajstić information content (AvgIpc) is 2.80. The monoisotopic (exact) mass is 360 g/mol. The van der Waals surface area contributed by atoms with Gasteiger partial charge in [-0.1, -0.05) is 34.1 Å². The third-order valence-electron chi connectivity index (χ3n) is 3.68. The molecule has 0 N–H and O–H groups in total. The van der Waals surface area contributed by atoms with Crippen molar-refractivity contribution >= 4 is 33.5 Å². The number of benzene rings is 1. The fourth-order valence-electron chi connectivity index (χ4n) is 2.50. The van der Waals surface area contributed by atoms with Crippen LogP contribution in [0.1, 0.15) is 16.8 Å². The molecule has 0 bridgehead atoms. The molecule has 5 nitrogen and oxygen atoms in total. The molecule has 112 valence electrons. The first-order valence-corrected chi connectivity index (χ1v) is 7.47. The normalized spacial score (nSPS) is 22.7. The van der Waals surface area contributed by atoms with Crippen molar-refractivity contribution in [1.29, 1.82) is 0 Å². The van der Waals surface area contributed by atoms with Crippen molar-refractivity contribution in [3.63, 3.8) is 0 Å². The second-order valence-corrected chi connectivity index (χ2v) is 5.86. The number of amides is 1. The number of methoxy groups -OCH3 is 1. The lowest BCUT2D eigenvalue weighted by Gasteiger charge is -2.34. The number of hydrogen-bond donors (Lipinski definition) is 0. The molecule has 0 saturated heterocycles. The van der Waals surface area contributed by atoms with Gasteiger partial charge in [-0.2, -0.15) is 4.99 Å². The maximum absolute atomic E-state index is 12.5. The second-order valence-electron chi connectivity index (χ2n) is 4.94. The van der Waals surface area contributed by atoms with Gasteiger partial charge in [0.05, 0.1) is 6.42 Å². The summed E-state index contributed by atoms with van der Waals surface area (Å²) in [6, 6.07) is 7.00. The average molecular weight is 361 g/mol. The van der Waals surface area contributed by atoms with E-state index < -0.39 is 11.6 Å². The summed E-state index contributed by atoms with van der Waals surface area (Å²) in [5.74, 6) is -0.160. The SMILES string of the molecule is CO[C@@]1(CC(=O)c2ccc(Br)cc2)C(=O)N=C2C=CC=CN21. The van der Waals surface area contributed by atoms with Crippen LogP contribution in [-0.2, 0) is 9.53 Å². The van der Waals surface area contributed by atoms with E-state index >= 15 is 0 Å². The number of amidine groups is 1. The Labute approximate surface area is 136 Å². The van der Waals surface area contributed by atoms with Crippen molar-refractivity contribution in [3.05, 3.63) is 58.7 Å². The fourth-order valence-corrected chi connectivity index (χ4v) is 2.76. The molecule has 0 spiro atoms. The third-order valence-corrected chi connectivity index (χ3v) is 4.21. The zero-order valence-electron chi connectivity index (χ0n) is 11.8. The fraction of sp³-hybridized carbons (Fsp3) is 0.188. The van der Waals surface area contributed by atoms with Gasteiger partial charge in [-0.05, 0) is 24.3 Å². The molecule has 0 radical (unpaired) electrons. The number of aliphatic imine (C=N–C) groups is 1. The Morgan fingerprint density at radius 3 is 2.73 bits per heavy atom. The number of Topliss-reactive ketones (excluding diaryl/α,β-unsaturated/α-hetero) is 1. The Hall–Kier alpha value is -2.05. The minimum Gasteiger partial charge on any atom is -0.350 e. The number of carbonyl (C=O) groups excluding carboxylic acids is 2. The maximum Gasteiger partial charge on any atom is 0.301 e. The van der Waals surface area contributed by atoms with Crippen LogP contribution < -0.4 is 0 Å². The van der Waals surface area contributed by atoms with Crippen LogP contribution >= 0.6 is 15.9 Å². The summed E-state index contributed by atoms with van der Waals surface area (Å²) in [5, 5.41) is 0. The number of ketones is 1. The number of carbonyl (C=O) groups is 2. The maximum atomic E-state index is 12.5. The zero-order valence-corrected chi connectivity index (χ0v) is 13.4. The van der Waals surface area contributed by atoms with Gasteiger partial charge < -0.3 is 4.74 Å². The standard InChI is InChI=1S/C16H13BrN2O3/c1-22-16(10-13(20)11-5-7-12(17)8-6-11)15(21)18-14-4-2-3-9-19(14)16/h2-9H,10H2,1H3/t16-/m0/s1. The molecule has 0 fully saturated rings. The van der Waals surface area contributed by atoms with Crippen molar-refractivity contribution in [1.82, 2.24) is 4.90 Å². The van der Waals surface area contributed by atoms with Crippen LogP contribution in [0, 0.1) is 0 Å². The van der Waals surface area contributed by atoms with E-state index in [9.17, 15) is 9.59 Å². The molecule has 22 heavy (non-hydrogen) atoms. The Kier molecular flexibility index (Phi) is 3.80. The van der Waals surface area contributed by atoms with Crippen molar-refractivity contribution in [3.8, 4) is 0 Å². The molecule has 3 rings (SSSR count). The highest BCUT2D eigenvalue weighted by atomic mass is 79.9. The summed E-state index contributed by atoms with van der Waals surface area (Å²) in [4.78, 5) is 30.4. The summed E-state index contributed by atoms with van der Waals surface area (Å²) in [6.45, 7) is 0. The Bertz CT molecular complexity index is 721. The van der Waals surface area contributed by atoms with E-state index in [1.54, 1.807) is 53.6 Å². The highest BCUT2D eigenvalue weighted by molar-refractivity contribution is 9.10. The predicted octanol–water partition coefficient (Wildman–Crippen LogP) is 2.69. The van der Waals surface area contributed by atoms with Crippen LogP contribution in [0.4, 0.5) is 0 Å². The van der Waals surface area contributed by atoms with Crippen LogP contribution in [0.25, 0.3) is 0 Å². The van der Waals surface area contributed by atoms with Crippen LogP contribution in [0.2, 0.25) is 0 Å². The van der Waals surface area contributed by atoms with Gasteiger partial charge in [0.2, 0.25) is 5.72 Å². The molecule has 1 amide bonds. The summed E-state index contributed by atoms with van der Waals surface area (Å²) < 4.78 is 6.33. The van der Waals surface area contributed by atoms with E-state index in [-0.39, 0.29) is 12.2 Å². The molecule has 1 aromatic rings. The summed E-state index contributed by atoms with van der Waals surface area (Å²) >= 11 is 3.33. The highest BCUT2D eigenvalue weighted by Gasteiger charge is 2.51. The number of halogens is 1. The van der Waals surface area contributed by atoms with Gasteiger partial charge in [-0.15, -0.1) is 0 Å². The quantitative estimate of drug-likeness (QED) is 0.774. The van der Waals surface area contributed by atoms with Crippen molar-refractivity contribution in [2.45, 2.75) is 12.1 Å². The summed E-state index contributed by atoms with van der Waals surface area (Å²) in [5.41, 5.74) is -0.877. The lowest BCUT2D eigenvalue weighted by Crippen LogP contribution is -2.52. The van der Waals surface area contributed by atoms with Crippen molar-refractivity contribution < 1.29 is 14.3 Å². The molecule has 6 heteroatoms. The van der Waals surface area contributed by atoms with E-state index in [1.165, 1.54) is 7.11 Å². The van der Waals surface area contributed by atoms with Gasteiger partial charge in [0.15, 0.2) is 5.78 Å². The van der Waals surface area contributed by atoms with E-state index in [0.29, 0.717) is 11.4 Å². The molecule has 1 aromatic carbocycles. The minimum atomic E-state index is -1.40. The molecule has 0 saturated carbocycles. The molecule has 2 aliphatic rings. The van der Waals surface area contributed by atoms with Crippen LogP contribution in [0.3, 0.4) is 0 Å². The smallest absolute Gasteiger partial charge is 0.301 e. The number of ether oxygens (including phenoxy) is 1. The van der Waals surface area contributed by atoms with Crippen molar-refractivity contribution in [2.75, 3.05) is 7.11 Å². The minimum absolute atomic E-state index is 0.102. The van der Waals surface area contributed by atoms with Crippen molar-refractivity contribution in [2.24, 2.45) is 4.99 Å². The second kappa shape index (κ2) is 5.62. The first-order valence-electron chi connectivity index (χ1n) is 6.68. The number of hydrogen-bond acceptors (Lipinski definition) is 4. The van der Waals surface area contributed by atoms with Gasteiger partial charge in [-0.3, -0.25) is 14.5 Å². The Balaban J connectivity index is 1.90. The van der Waals surface area contributed by atoms with E-state index in [2.05, 4.69) is 20.9 Å². The number of allylic oxidation sites excluding steroid dienone is 2. The molecular weight excluding hydrogens is 348 g/mol. The van der Waals surface area contributed by atoms with Crippen LogP contribution in [0.5, 0.6) is 0 Å². The van der Waals surface area contributed by atoms with Gasteiger partial charge in [0, 0.05) is 23.3 Å². The molecular formula is C16H13BrN2O3. The Morgan fingerprint density at radius 2 is 2.05 bits per heavy atom. The summed E-state index contributed by atoms with van der Waals surface area (Å²) in [7, 11) is 1.41. The van der Waals surface area contributed by atoms with E-state index in [0.717, 1.165) is 4.47 Å². The highest BCUT2D eigenvalue weighted by Crippen LogP contribution is 2.32. The number of rotatable bonds is 4. The summed E-state index contributed by atoms with van der Waals surface area (Å²) in [6.07, 6.45) is 6.86. The van der Waals surface area contributed by atoms with Crippen LogP contribution in [-0.4, -0.2) is 35.3 Å². The Morgan fingerprint density at radius 1 is 1.32 bits per heavy atom. The largest absolute Gasteiger partial charge is 0.350 e. The zero-order chi connectivity index (χ0) is 15.7. The van der Waals surface area contributed by atoms with Gasteiger partial charge in [0.1, 0.15) is 5.84 Å². The molecule has 0 aliphatic carbocycles. The molecule has 1 atom stereocenters. The third kappa shape index (κ3) is 2.34. The first-order chi connectivity index (χ1) is 10.6. The van der Waals surface area contributed by atoms with Gasteiger partial charge >= 0.3 is 5.91 Å². The molecule has 2 aliphatic heterocycles. The van der Waals surface area contributed by atoms with E-state index in [4.69, 9.17) is 4.74 Å². The number of fused-ring (bicyclic) bond motifs is 1. The van der Waals surface area contributed by atoms with Crippen LogP contribution in [0.15, 0.2) is 58.2 Å². The predicted molar refractivity (Wildman–Crippen MR) is 85.4 cm³/mol. The lowest BCUT2D eigenvalue weighted by molar-refractivity contribution is -0.149. The van der Waals surface area contributed by atoms with Gasteiger partial charge in [0.25, 0.3) is 0 Å². The lowest BCUT2D eigenvalue weighted by atomic mass is 9.99.